The van der Waals surface area contributed by atoms with E-state index in [1.165, 1.54) is 6.92 Å². The van der Waals surface area contributed by atoms with Gasteiger partial charge in [-0.3, -0.25) is 4.79 Å². The molecule has 0 heterocycles. The highest BCUT2D eigenvalue weighted by Crippen LogP contribution is 2.32. The third-order valence-corrected chi connectivity index (χ3v) is 3.71. The van der Waals surface area contributed by atoms with Gasteiger partial charge in [0.2, 0.25) is 0 Å². The number of ketones is 1. The molecule has 0 saturated heterocycles. The van der Waals surface area contributed by atoms with Gasteiger partial charge in [0.25, 0.3) is 0 Å². The second-order valence-corrected chi connectivity index (χ2v) is 5.19. The fraction of sp³-hybridized carbons (Fsp3) is 0.353. The van der Waals surface area contributed by atoms with E-state index >= 15 is 0 Å². The van der Waals surface area contributed by atoms with Crippen molar-refractivity contribution in [3.05, 3.63) is 42.0 Å². The fourth-order valence-corrected chi connectivity index (χ4v) is 2.48. The summed E-state index contributed by atoms with van der Waals surface area (Å²) in [5.74, 6) is 0.795. The molecule has 2 aromatic rings. The van der Waals surface area contributed by atoms with Crippen LogP contribution in [0.1, 0.15) is 32.3 Å². The highest BCUT2D eigenvalue weighted by molar-refractivity contribution is 5.85. The van der Waals surface area contributed by atoms with Gasteiger partial charge in [0, 0.05) is 6.42 Å². The van der Waals surface area contributed by atoms with Gasteiger partial charge in [-0.25, -0.2) is 0 Å². The summed E-state index contributed by atoms with van der Waals surface area (Å²) in [7, 11) is 1.64. The molecule has 3 heteroatoms. The Hall–Kier alpha value is -1.87. The van der Waals surface area contributed by atoms with E-state index in [9.17, 15) is 9.90 Å². The van der Waals surface area contributed by atoms with Gasteiger partial charge >= 0.3 is 0 Å². The molecule has 2 aromatic carbocycles. The number of methoxy groups -OCH3 is 1. The predicted molar refractivity (Wildman–Crippen MR) is 80.0 cm³/mol. The van der Waals surface area contributed by atoms with E-state index < -0.39 is 5.60 Å². The number of Topliss-reactive ketones (excluding diaryl/α,β-unsaturated/α-hetero) is 1. The Balaban J connectivity index is 2.47. The van der Waals surface area contributed by atoms with Crippen LogP contribution < -0.4 is 4.74 Å². The van der Waals surface area contributed by atoms with Crippen molar-refractivity contribution in [2.24, 2.45) is 0 Å². The smallest absolute Gasteiger partial charge is 0.133 e. The number of rotatable bonds is 5. The van der Waals surface area contributed by atoms with Crippen molar-refractivity contribution in [2.75, 3.05) is 7.11 Å². The standard InChI is InChI=1S/C17H20O3/c1-4-17(19,11-12(2)18)15-7-5-14-10-16(20-3)8-6-13(14)9-15/h5-10,19H,4,11H2,1-3H3/t17-/m1/s1. The molecule has 0 aliphatic heterocycles. The van der Waals surface area contributed by atoms with Crippen molar-refractivity contribution in [1.82, 2.24) is 0 Å². The molecular formula is C17H20O3. The van der Waals surface area contributed by atoms with Gasteiger partial charge in [0.05, 0.1) is 12.7 Å². The van der Waals surface area contributed by atoms with E-state index in [1.54, 1.807) is 7.11 Å². The molecule has 0 spiro atoms. The minimum absolute atomic E-state index is 0.0100. The lowest BCUT2D eigenvalue weighted by molar-refractivity contribution is -0.122. The first-order valence-electron chi connectivity index (χ1n) is 6.78. The Morgan fingerprint density at radius 1 is 1.20 bits per heavy atom. The van der Waals surface area contributed by atoms with Crippen LogP contribution in [0, 0.1) is 0 Å². The van der Waals surface area contributed by atoms with Gasteiger partial charge in [-0.1, -0.05) is 25.1 Å². The second kappa shape index (κ2) is 5.63. The van der Waals surface area contributed by atoms with Crippen LogP contribution in [-0.4, -0.2) is 18.0 Å². The van der Waals surface area contributed by atoms with Gasteiger partial charge in [-0.05, 0) is 47.9 Å². The SMILES string of the molecule is CC[C@@](O)(CC(C)=O)c1ccc2cc(OC)ccc2c1. The monoisotopic (exact) mass is 272 g/mol. The summed E-state index contributed by atoms with van der Waals surface area (Å²) in [6.45, 7) is 3.40. The molecule has 0 amide bonds. The van der Waals surface area contributed by atoms with Gasteiger partial charge in [0.1, 0.15) is 11.5 Å². The van der Waals surface area contributed by atoms with Crippen molar-refractivity contribution >= 4 is 16.6 Å². The number of hydrogen-bond donors (Lipinski definition) is 1. The number of benzene rings is 2. The molecule has 106 valence electrons. The molecule has 0 bridgehead atoms. The lowest BCUT2D eigenvalue weighted by Crippen LogP contribution is -2.27. The molecule has 0 aliphatic rings. The zero-order valence-corrected chi connectivity index (χ0v) is 12.1. The Labute approximate surface area is 119 Å². The summed E-state index contributed by atoms with van der Waals surface area (Å²) in [6.07, 6.45) is 0.652. The Kier molecular flexibility index (Phi) is 4.09. The summed E-state index contributed by atoms with van der Waals surface area (Å²) >= 11 is 0. The minimum Gasteiger partial charge on any atom is -0.497 e. The van der Waals surface area contributed by atoms with Crippen LogP contribution in [0.3, 0.4) is 0 Å². The van der Waals surface area contributed by atoms with Crippen LogP contribution >= 0.6 is 0 Å². The van der Waals surface area contributed by atoms with Gasteiger partial charge in [-0.15, -0.1) is 0 Å². The van der Waals surface area contributed by atoms with Crippen LogP contribution in [0.4, 0.5) is 0 Å². The molecule has 3 nitrogen and oxygen atoms in total. The largest absolute Gasteiger partial charge is 0.497 e. The maximum atomic E-state index is 11.4. The van der Waals surface area contributed by atoms with E-state index in [1.807, 2.05) is 43.3 Å². The van der Waals surface area contributed by atoms with Crippen LogP contribution in [0.15, 0.2) is 36.4 Å². The van der Waals surface area contributed by atoms with E-state index in [4.69, 9.17) is 4.74 Å². The molecule has 0 saturated carbocycles. The molecule has 2 rings (SSSR count). The number of carbonyl (C=O) groups is 1. The lowest BCUT2D eigenvalue weighted by Gasteiger charge is -2.26. The minimum atomic E-state index is -1.08. The molecule has 0 aromatic heterocycles. The number of fused-ring (bicyclic) bond motifs is 1. The number of aliphatic hydroxyl groups is 1. The maximum absolute atomic E-state index is 11.4. The number of carbonyl (C=O) groups excluding carboxylic acids is 1. The fourth-order valence-electron chi connectivity index (χ4n) is 2.48. The van der Waals surface area contributed by atoms with Crippen molar-refractivity contribution in [3.8, 4) is 5.75 Å². The van der Waals surface area contributed by atoms with Crippen molar-refractivity contribution in [1.29, 1.82) is 0 Å². The summed E-state index contributed by atoms with van der Waals surface area (Å²) in [5.41, 5.74) is -0.298. The summed E-state index contributed by atoms with van der Waals surface area (Å²) in [5, 5.41) is 12.8. The molecular weight excluding hydrogens is 252 g/mol. The molecule has 1 atom stereocenters. The van der Waals surface area contributed by atoms with Gasteiger partial charge < -0.3 is 9.84 Å². The predicted octanol–water partition coefficient (Wildman–Crippen LogP) is 3.43. The Bertz CT molecular complexity index is 633. The van der Waals surface area contributed by atoms with Crippen molar-refractivity contribution < 1.29 is 14.6 Å². The second-order valence-electron chi connectivity index (χ2n) is 5.19. The maximum Gasteiger partial charge on any atom is 0.133 e. The first-order valence-corrected chi connectivity index (χ1v) is 6.78. The van der Waals surface area contributed by atoms with Crippen molar-refractivity contribution in [2.45, 2.75) is 32.3 Å². The molecule has 0 unspecified atom stereocenters. The third-order valence-electron chi connectivity index (χ3n) is 3.71. The van der Waals surface area contributed by atoms with Gasteiger partial charge in [0.15, 0.2) is 0 Å². The molecule has 0 aliphatic carbocycles. The van der Waals surface area contributed by atoms with Crippen LogP contribution in [0.5, 0.6) is 5.75 Å². The zero-order valence-electron chi connectivity index (χ0n) is 12.1. The topological polar surface area (TPSA) is 46.5 Å². The average Bonchev–Trinajstić information content (AvgIpc) is 2.45. The molecule has 20 heavy (non-hydrogen) atoms. The number of ether oxygens (including phenoxy) is 1. The quantitative estimate of drug-likeness (QED) is 0.907. The summed E-state index contributed by atoms with van der Waals surface area (Å²) in [6, 6.07) is 11.6. The molecule has 1 N–H and O–H groups in total. The van der Waals surface area contributed by atoms with E-state index in [0.29, 0.717) is 6.42 Å². The van der Waals surface area contributed by atoms with E-state index in [-0.39, 0.29) is 12.2 Å². The summed E-state index contributed by atoms with van der Waals surface area (Å²) < 4.78 is 5.20. The molecule has 0 fully saturated rings. The lowest BCUT2D eigenvalue weighted by atomic mass is 9.85. The highest BCUT2D eigenvalue weighted by Gasteiger charge is 2.28. The van der Waals surface area contributed by atoms with Crippen molar-refractivity contribution in [3.63, 3.8) is 0 Å². The molecule has 0 radical (unpaired) electrons. The Morgan fingerprint density at radius 3 is 2.45 bits per heavy atom. The third kappa shape index (κ3) is 2.83. The average molecular weight is 272 g/mol. The van der Waals surface area contributed by atoms with Gasteiger partial charge in [-0.2, -0.15) is 0 Å². The highest BCUT2D eigenvalue weighted by atomic mass is 16.5. The van der Waals surface area contributed by atoms with Crippen LogP contribution in [0.2, 0.25) is 0 Å². The van der Waals surface area contributed by atoms with Crippen LogP contribution in [-0.2, 0) is 10.4 Å². The van der Waals surface area contributed by atoms with E-state index in [0.717, 1.165) is 22.1 Å². The normalized spacial score (nSPS) is 14.0. The first-order chi connectivity index (χ1) is 9.48. The number of hydrogen-bond acceptors (Lipinski definition) is 3. The first kappa shape index (κ1) is 14.5. The van der Waals surface area contributed by atoms with Crippen LogP contribution in [0.25, 0.3) is 10.8 Å². The summed E-state index contributed by atoms with van der Waals surface area (Å²) in [4.78, 5) is 11.4. The van der Waals surface area contributed by atoms with E-state index in [2.05, 4.69) is 0 Å². The Morgan fingerprint density at radius 2 is 1.85 bits per heavy atom. The zero-order chi connectivity index (χ0) is 14.8.